The van der Waals surface area contributed by atoms with E-state index in [1.54, 1.807) is 0 Å². The Hall–Kier alpha value is -1.90. The monoisotopic (exact) mass is 239 g/mol. The fourth-order valence-corrected chi connectivity index (χ4v) is 2.69. The van der Waals surface area contributed by atoms with Crippen molar-refractivity contribution in [1.29, 1.82) is 0 Å². The maximum absolute atomic E-state index is 4.60. The number of imidazole rings is 1. The molecule has 0 aliphatic carbocycles. The lowest BCUT2D eigenvalue weighted by molar-refractivity contribution is 0.372. The zero-order valence-corrected chi connectivity index (χ0v) is 10.7. The van der Waals surface area contributed by atoms with E-state index in [4.69, 9.17) is 0 Å². The number of nitrogens with zero attached hydrogens (tertiary/aromatic N) is 3. The van der Waals surface area contributed by atoms with E-state index in [1.807, 2.05) is 24.8 Å². The van der Waals surface area contributed by atoms with Crippen LogP contribution in [0.2, 0.25) is 0 Å². The van der Waals surface area contributed by atoms with E-state index in [0.29, 0.717) is 5.92 Å². The summed E-state index contributed by atoms with van der Waals surface area (Å²) < 4.78 is 2.13. The first kappa shape index (κ1) is 11.2. The van der Waals surface area contributed by atoms with Gasteiger partial charge in [-0.3, -0.25) is 4.99 Å². The molecule has 1 aliphatic heterocycles. The zero-order valence-electron chi connectivity index (χ0n) is 10.7. The SMILES string of the molecule is CC(C)C1(Cn2ccnc2)C=Nc2ccccc21. The largest absolute Gasteiger partial charge is 0.336 e. The number of rotatable bonds is 3. The first-order valence-corrected chi connectivity index (χ1v) is 6.33. The van der Waals surface area contributed by atoms with Crippen LogP contribution in [0.25, 0.3) is 0 Å². The number of aromatic nitrogens is 2. The van der Waals surface area contributed by atoms with Gasteiger partial charge in [-0.2, -0.15) is 0 Å². The van der Waals surface area contributed by atoms with Gasteiger partial charge in [0.15, 0.2) is 0 Å². The fourth-order valence-electron chi connectivity index (χ4n) is 2.69. The molecule has 0 saturated heterocycles. The number of benzene rings is 1. The van der Waals surface area contributed by atoms with Crippen molar-refractivity contribution in [2.45, 2.75) is 25.8 Å². The summed E-state index contributed by atoms with van der Waals surface area (Å²) in [6, 6.07) is 8.42. The van der Waals surface area contributed by atoms with Gasteiger partial charge in [-0.15, -0.1) is 0 Å². The average molecular weight is 239 g/mol. The van der Waals surface area contributed by atoms with Crippen molar-refractivity contribution in [2.75, 3.05) is 0 Å². The average Bonchev–Trinajstić information content (AvgIpc) is 2.99. The molecule has 1 atom stereocenters. The van der Waals surface area contributed by atoms with Gasteiger partial charge in [0.2, 0.25) is 0 Å². The molecular weight excluding hydrogens is 222 g/mol. The number of aliphatic imine (C=N–C) groups is 1. The third-order valence-electron chi connectivity index (χ3n) is 3.87. The van der Waals surface area contributed by atoms with Gasteiger partial charge in [0.1, 0.15) is 0 Å². The van der Waals surface area contributed by atoms with Crippen LogP contribution in [0.1, 0.15) is 19.4 Å². The van der Waals surface area contributed by atoms with Gasteiger partial charge in [0.05, 0.1) is 17.4 Å². The molecule has 3 nitrogen and oxygen atoms in total. The third kappa shape index (κ3) is 1.58. The van der Waals surface area contributed by atoms with Gasteiger partial charge in [0, 0.05) is 25.2 Å². The Morgan fingerprint density at radius 2 is 2.11 bits per heavy atom. The summed E-state index contributed by atoms with van der Waals surface area (Å²) in [5.74, 6) is 0.493. The molecule has 18 heavy (non-hydrogen) atoms. The van der Waals surface area contributed by atoms with E-state index < -0.39 is 0 Å². The smallest absolute Gasteiger partial charge is 0.0946 e. The molecule has 0 amide bonds. The fraction of sp³-hybridized carbons (Fsp3) is 0.333. The van der Waals surface area contributed by atoms with Crippen LogP contribution < -0.4 is 0 Å². The van der Waals surface area contributed by atoms with E-state index in [-0.39, 0.29) is 5.41 Å². The number of fused-ring (bicyclic) bond motifs is 1. The molecule has 1 aliphatic rings. The maximum Gasteiger partial charge on any atom is 0.0946 e. The Balaban J connectivity index is 2.07. The zero-order chi connectivity index (χ0) is 12.6. The van der Waals surface area contributed by atoms with Crippen LogP contribution in [0.3, 0.4) is 0 Å². The van der Waals surface area contributed by atoms with Gasteiger partial charge in [-0.1, -0.05) is 32.0 Å². The highest BCUT2D eigenvalue weighted by Crippen LogP contribution is 2.42. The highest BCUT2D eigenvalue weighted by Gasteiger charge is 2.39. The molecule has 3 rings (SSSR count). The van der Waals surface area contributed by atoms with Crippen LogP contribution in [-0.2, 0) is 12.0 Å². The van der Waals surface area contributed by atoms with Crippen molar-refractivity contribution in [1.82, 2.24) is 9.55 Å². The van der Waals surface area contributed by atoms with Crippen molar-refractivity contribution >= 4 is 11.9 Å². The summed E-state index contributed by atoms with van der Waals surface area (Å²) in [5.41, 5.74) is 2.41. The summed E-state index contributed by atoms with van der Waals surface area (Å²) in [6.45, 7) is 5.40. The second-order valence-electron chi connectivity index (χ2n) is 5.21. The highest BCUT2D eigenvalue weighted by atomic mass is 15.0. The number of hydrogen-bond acceptors (Lipinski definition) is 2. The normalized spacial score (nSPS) is 21.5. The minimum absolute atomic E-state index is 0.0166. The first-order valence-electron chi connectivity index (χ1n) is 6.33. The molecule has 0 spiro atoms. The Bertz CT molecular complexity index is 569. The van der Waals surface area contributed by atoms with Crippen LogP contribution in [0.15, 0.2) is 48.0 Å². The Kier molecular flexibility index (Phi) is 2.54. The summed E-state index contributed by atoms with van der Waals surface area (Å²) >= 11 is 0. The summed E-state index contributed by atoms with van der Waals surface area (Å²) in [5, 5.41) is 0. The molecule has 1 aromatic heterocycles. The van der Waals surface area contributed by atoms with Gasteiger partial charge in [-0.05, 0) is 17.5 Å². The summed E-state index contributed by atoms with van der Waals surface area (Å²) in [6.07, 6.45) is 7.83. The molecule has 3 heteroatoms. The van der Waals surface area contributed by atoms with Crippen molar-refractivity contribution in [3.8, 4) is 0 Å². The van der Waals surface area contributed by atoms with Crippen LogP contribution in [0.4, 0.5) is 5.69 Å². The minimum Gasteiger partial charge on any atom is -0.336 e. The Morgan fingerprint density at radius 3 is 2.83 bits per heavy atom. The number of para-hydroxylation sites is 1. The van der Waals surface area contributed by atoms with Crippen LogP contribution >= 0.6 is 0 Å². The molecule has 0 N–H and O–H groups in total. The lowest BCUT2D eigenvalue weighted by Crippen LogP contribution is -2.36. The van der Waals surface area contributed by atoms with E-state index in [2.05, 4.69) is 52.8 Å². The van der Waals surface area contributed by atoms with Crippen LogP contribution in [0.5, 0.6) is 0 Å². The summed E-state index contributed by atoms with van der Waals surface area (Å²) in [4.78, 5) is 8.73. The highest BCUT2D eigenvalue weighted by molar-refractivity contribution is 5.85. The lowest BCUT2D eigenvalue weighted by Gasteiger charge is -2.32. The molecule has 92 valence electrons. The summed E-state index contributed by atoms with van der Waals surface area (Å²) in [7, 11) is 0. The van der Waals surface area contributed by atoms with Crippen molar-refractivity contribution in [3.63, 3.8) is 0 Å². The van der Waals surface area contributed by atoms with E-state index >= 15 is 0 Å². The van der Waals surface area contributed by atoms with Gasteiger partial charge in [0.25, 0.3) is 0 Å². The van der Waals surface area contributed by atoms with Gasteiger partial charge < -0.3 is 4.57 Å². The molecule has 0 bridgehead atoms. The Labute approximate surface area is 107 Å². The molecule has 2 aromatic rings. The first-order chi connectivity index (χ1) is 8.72. The molecular formula is C15H17N3. The van der Waals surface area contributed by atoms with E-state index in [0.717, 1.165) is 12.2 Å². The van der Waals surface area contributed by atoms with E-state index in [9.17, 15) is 0 Å². The maximum atomic E-state index is 4.60. The molecule has 2 heterocycles. The quantitative estimate of drug-likeness (QED) is 0.809. The molecule has 0 radical (unpaired) electrons. The molecule has 0 saturated carbocycles. The third-order valence-corrected chi connectivity index (χ3v) is 3.87. The van der Waals surface area contributed by atoms with Gasteiger partial charge >= 0.3 is 0 Å². The van der Waals surface area contributed by atoms with Crippen LogP contribution in [-0.4, -0.2) is 15.8 Å². The topological polar surface area (TPSA) is 30.2 Å². The number of hydrogen-bond donors (Lipinski definition) is 0. The van der Waals surface area contributed by atoms with E-state index in [1.165, 1.54) is 5.56 Å². The molecule has 0 fully saturated rings. The second-order valence-corrected chi connectivity index (χ2v) is 5.21. The van der Waals surface area contributed by atoms with Crippen molar-refractivity contribution in [2.24, 2.45) is 10.9 Å². The standard InChI is InChI=1S/C15H17N3/c1-12(2)15(10-18-8-7-16-11-18)9-17-14-6-4-3-5-13(14)15/h3-9,11-12H,10H2,1-2H3. The Morgan fingerprint density at radius 1 is 1.28 bits per heavy atom. The predicted molar refractivity (Wildman–Crippen MR) is 73.3 cm³/mol. The molecule has 1 aromatic carbocycles. The molecule has 1 unspecified atom stereocenters. The predicted octanol–water partition coefficient (Wildman–Crippen LogP) is 3.19. The van der Waals surface area contributed by atoms with Crippen molar-refractivity contribution < 1.29 is 0 Å². The van der Waals surface area contributed by atoms with Crippen LogP contribution in [0, 0.1) is 5.92 Å². The minimum atomic E-state index is -0.0166. The van der Waals surface area contributed by atoms with Crippen molar-refractivity contribution in [3.05, 3.63) is 48.5 Å². The second kappa shape index (κ2) is 4.09. The van der Waals surface area contributed by atoms with Gasteiger partial charge in [-0.25, -0.2) is 4.98 Å². The lowest BCUT2D eigenvalue weighted by atomic mass is 9.73.